The van der Waals surface area contributed by atoms with Crippen molar-refractivity contribution in [3.05, 3.63) is 188 Å². The third-order valence-corrected chi connectivity index (χ3v) is 19.0. The number of nitro groups is 2. The molecule has 10 atom stereocenters. The number of aromatic carboxylic acids is 1. The molecule has 4 heterocycles. The summed E-state index contributed by atoms with van der Waals surface area (Å²) >= 11 is 0. The molecule has 0 spiro atoms. The molecule has 2 saturated heterocycles. The average Bonchev–Trinajstić information content (AvgIpc) is 0.989. The molecule has 3 fully saturated rings. The number of carbonyl (C=O) groups excluding carboxylic acids is 1. The summed E-state index contributed by atoms with van der Waals surface area (Å²) in [5, 5.41) is 346. The van der Waals surface area contributed by atoms with Gasteiger partial charge in [-0.2, -0.15) is 0 Å². The van der Waals surface area contributed by atoms with Gasteiger partial charge in [-0.15, -0.1) is 0 Å². The molecule has 0 amide bonds. The summed E-state index contributed by atoms with van der Waals surface area (Å²) in [5.74, 6) is -7.18. The zero-order chi connectivity index (χ0) is 108. The van der Waals surface area contributed by atoms with Crippen LogP contribution in [0.3, 0.4) is 0 Å². The fourth-order valence-electron chi connectivity index (χ4n) is 11.8. The minimum absolute atomic E-state index is 0.0645. The molecule has 142 heavy (non-hydrogen) atoms. The van der Waals surface area contributed by atoms with Crippen LogP contribution in [0.25, 0.3) is 0 Å². The number of aromatic hydroxyl groups is 13. The number of carbonyl (C=O) groups is 2. The molecule has 56 heteroatoms. The third kappa shape index (κ3) is 47.4. The van der Waals surface area contributed by atoms with Crippen molar-refractivity contribution in [2.24, 2.45) is 17.8 Å². The molecule has 1 aromatic heterocycles. The second-order valence-electron chi connectivity index (χ2n) is 30.0. The normalized spacial score (nSPS) is 18.5. The van der Waals surface area contributed by atoms with Gasteiger partial charge in [0.15, 0.2) is 35.0 Å². The van der Waals surface area contributed by atoms with Gasteiger partial charge in [-0.25, -0.2) is 32.9 Å². The number of benzene rings is 6. The Labute approximate surface area is 805 Å². The number of ether oxygens (including phenoxy) is 5. The van der Waals surface area contributed by atoms with Crippen LogP contribution in [0.5, 0.6) is 74.7 Å². The van der Waals surface area contributed by atoms with E-state index in [1.807, 2.05) is 0 Å². The summed E-state index contributed by atoms with van der Waals surface area (Å²) in [5.41, 5.74) is -1.71. The summed E-state index contributed by atoms with van der Waals surface area (Å²) in [6.07, 6.45) is -3.34. The lowest BCUT2D eigenvalue weighted by atomic mass is 9.76. The van der Waals surface area contributed by atoms with Crippen LogP contribution in [-0.4, -0.2) is 391 Å². The van der Waals surface area contributed by atoms with Crippen molar-refractivity contribution in [3.63, 3.8) is 0 Å². The van der Waals surface area contributed by atoms with E-state index in [4.69, 9.17) is 197 Å². The van der Waals surface area contributed by atoms with Crippen molar-refractivity contribution in [2.45, 2.75) is 159 Å². The number of aromatic nitrogens is 3. The zero-order valence-electron chi connectivity index (χ0n) is 76.0. The topological polar surface area (TPSA) is 981 Å². The summed E-state index contributed by atoms with van der Waals surface area (Å²) in [7, 11) is 0. The Balaban J connectivity index is 0.00000153. The van der Waals surface area contributed by atoms with E-state index in [1.54, 1.807) is 24.3 Å². The van der Waals surface area contributed by atoms with Gasteiger partial charge in [0.25, 0.3) is 0 Å². The minimum atomic E-state index is -1.30. The van der Waals surface area contributed by atoms with E-state index < -0.39 is 173 Å². The molecule has 3 aliphatic heterocycles. The Morgan fingerprint density at radius 3 is 1.15 bits per heavy atom. The second-order valence-corrected chi connectivity index (χ2v) is 30.0. The molecule has 56 nitrogen and oxygen atoms in total. The molecule has 7 aromatic rings. The number of hydrogen-bond acceptors (Lipinski definition) is 50. The van der Waals surface area contributed by atoms with Crippen molar-refractivity contribution in [2.75, 3.05) is 99.1 Å². The van der Waals surface area contributed by atoms with Gasteiger partial charge >= 0.3 is 34.4 Å². The number of carboxylic acid groups (broad SMARTS) is 1. The molecule has 1 aliphatic carbocycles. The molecule has 6 aromatic carbocycles. The van der Waals surface area contributed by atoms with Crippen LogP contribution in [0.1, 0.15) is 76.7 Å². The lowest BCUT2D eigenvalue weighted by molar-refractivity contribution is -0.395. The average molecular weight is 2050 g/mol. The summed E-state index contributed by atoms with van der Waals surface area (Å²) in [6, 6.07) is 18.7. The fraction of sp³-hybridized carbons (Fsp3) is 0.500. The molecule has 802 valence electrons. The predicted molar refractivity (Wildman–Crippen MR) is 483 cm³/mol. The number of phenols is 13. The number of rotatable bonds is 32. The maximum absolute atomic E-state index is 11.8. The number of aldehydes is 1. The third-order valence-electron chi connectivity index (χ3n) is 19.0. The van der Waals surface area contributed by atoms with Crippen LogP contribution in [0, 0.1) is 38.0 Å². The van der Waals surface area contributed by atoms with Crippen molar-refractivity contribution in [1.29, 1.82) is 0 Å². The molecule has 7 unspecified atom stereocenters. The van der Waals surface area contributed by atoms with Crippen LogP contribution < -0.4 is 17.1 Å². The number of carboxylic acids is 1. The van der Waals surface area contributed by atoms with Gasteiger partial charge in [0.05, 0.1) is 133 Å². The van der Waals surface area contributed by atoms with E-state index in [0.717, 1.165) is 55.7 Å². The molecule has 37 N–H and O–H groups in total. The van der Waals surface area contributed by atoms with Crippen molar-refractivity contribution in [3.8, 4) is 74.7 Å². The van der Waals surface area contributed by atoms with Crippen LogP contribution in [-0.2, 0) is 81.1 Å². The maximum Gasteiger partial charge on any atom is 0.336 e. The predicted octanol–water partition coefficient (Wildman–Crippen LogP) is -6.72. The number of hydrogen-bond donors (Lipinski definition) is 37. The Morgan fingerprint density at radius 2 is 0.831 bits per heavy atom. The standard InChI is InChI=1S/C9H15N3O6.C9H20O5.C9H18O3.C9H12O3.C8H10O3.C7H6O5.C6H4N2O7.C6H10O5.C6H10O4.2C6H6O3.C5H10O4/c13-4-1-10-7(16)11(2-5-14)9(18)12(3-6-15)8(10)17;10-3-1-5-13-7-9(12)8-14-6-2-4-11;2*10-4-7-1-8(5-11)3-9(2-7)6-12;9-4-6-1-7(5-10)3-8(11)2-6;8-4-1-3(7(11)12)2-5(9)6(4)10;9-4-2(7(12)13)1-3(8(14)15)5(10)6(4)11;7-3-2-1-10-6(11-2)5(9)4(3)8;7-3-5-6(9)4(8)1-2-10-5;7-4-1-5(8)3-6(9)2-4;7-4-1-2-5(8)6(9)3-4;6-2-1-4(8)5(9)3-7/h13-15H,1-6H2;9-12H,1-8H2;7-12H,1-6H2;1-3,10-12H,4-6H2;1-3,9-11H,4-5H2;1-2,8-10H,(H,11,12);1,9-11H;2-9H,1H2;1-2,4-9H,3H2;2*1-3,7-9H;2,4-5,7-9H,1,3H2/t;;;;;;;;4-,5-,6-;;;/m........1.../s1. The highest BCUT2D eigenvalue weighted by molar-refractivity contribution is 5.89. The number of nitro benzene ring substituents is 2. The van der Waals surface area contributed by atoms with Gasteiger partial charge in [0.1, 0.15) is 96.0 Å². The highest BCUT2D eigenvalue weighted by atomic mass is 16.7. The Hall–Kier alpha value is -12.5. The minimum Gasteiger partial charge on any atom is -0.508 e. The van der Waals surface area contributed by atoms with E-state index in [0.29, 0.717) is 79.9 Å². The van der Waals surface area contributed by atoms with Gasteiger partial charge in [-0.1, -0.05) is 24.3 Å². The van der Waals surface area contributed by atoms with Crippen molar-refractivity contribution >= 4 is 23.6 Å². The quantitative estimate of drug-likeness (QED) is 0.00465. The smallest absolute Gasteiger partial charge is 0.336 e. The van der Waals surface area contributed by atoms with Crippen molar-refractivity contribution in [1.82, 2.24) is 13.7 Å². The van der Waals surface area contributed by atoms with Gasteiger partial charge in [0.2, 0.25) is 17.2 Å². The Kier molecular flexibility index (Phi) is 64.8. The molecule has 1 saturated carbocycles. The first-order valence-electron chi connectivity index (χ1n) is 42.3. The molecular formula is C86H127N5O51. The van der Waals surface area contributed by atoms with Gasteiger partial charge < -0.3 is 217 Å². The molecule has 11 rings (SSSR count). The molecule has 0 radical (unpaired) electrons. The first-order chi connectivity index (χ1) is 67.2. The summed E-state index contributed by atoms with van der Waals surface area (Å²) in [4.78, 5) is 73.7. The summed E-state index contributed by atoms with van der Waals surface area (Å²) < 4.78 is 26.9. The van der Waals surface area contributed by atoms with Gasteiger partial charge in [0, 0.05) is 76.9 Å². The number of aliphatic hydroxyl groups excluding tert-OH is 23. The molecular weight excluding hydrogens is 1920 g/mol. The van der Waals surface area contributed by atoms with Crippen molar-refractivity contribution < 1.29 is 232 Å². The maximum atomic E-state index is 11.8. The summed E-state index contributed by atoms with van der Waals surface area (Å²) in [6.45, 7) is -1.00. The Bertz CT molecular complexity index is 4660. The van der Waals surface area contributed by atoms with Crippen LogP contribution >= 0.6 is 0 Å². The lowest BCUT2D eigenvalue weighted by Gasteiger charge is -2.32. The van der Waals surface area contributed by atoms with Crippen LogP contribution in [0.2, 0.25) is 0 Å². The van der Waals surface area contributed by atoms with E-state index in [9.17, 15) is 59.5 Å². The van der Waals surface area contributed by atoms with E-state index in [2.05, 4.69) is 0 Å². The van der Waals surface area contributed by atoms with Gasteiger partial charge in [-0.3, -0.25) is 20.2 Å². The lowest BCUT2D eigenvalue weighted by Crippen LogP contribution is -2.55. The van der Waals surface area contributed by atoms with Gasteiger partial charge in [-0.05, 0) is 120 Å². The number of fused-ring (bicyclic) bond motifs is 2. The number of aliphatic hydroxyl groups is 23. The monoisotopic (exact) mass is 2050 g/mol. The number of nitrogens with zero attached hydrogens (tertiary/aromatic N) is 5. The van der Waals surface area contributed by atoms with E-state index >= 15 is 0 Å². The Morgan fingerprint density at radius 1 is 0.444 bits per heavy atom. The SMILES string of the molecule is O=C(O)c1cc(O)c(O)c(O)c1.O=CCC(O)C(O)CO.O=[N+]([O-])c1cc([N+](=O)[O-])c(O)c(O)c1O.O=c1n(CCO)c(=O)n(CCO)c(=O)n1CCO.OC1C2COC(O2)C(O)C1O.OCC1CC(CO)CC(CO)C1.OCCCOCC(O)COCCCO.OC[C@H]1OC=C[C@@H](O)[C@H]1O.OCc1cc(CO)cc(CO)c1.OCc1cc(O)cc(CO)c1.Oc1cc(O)cc(O)c1.Oc1ccc(O)c(O)c1. The fourth-order valence-corrected chi connectivity index (χ4v) is 11.8. The highest BCUT2D eigenvalue weighted by Crippen LogP contribution is 2.47. The van der Waals surface area contributed by atoms with Crippen LogP contribution in [0.15, 0.2) is 118 Å². The van der Waals surface area contributed by atoms with Crippen LogP contribution in [0.4, 0.5) is 11.4 Å². The molecule has 2 bridgehead atoms. The van der Waals surface area contributed by atoms with E-state index in [-0.39, 0.29) is 182 Å². The highest BCUT2D eigenvalue weighted by Gasteiger charge is 2.49. The molecule has 4 aliphatic rings. The zero-order valence-corrected chi connectivity index (χ0v) is 76.0. The second kappa shape index (κ2) is 71.0. The van der Waals surface area contributed by atoms with E-state index in [1.165, 1.54) is 36.6 Å². The first kappa shape index (κ1) is 130. The largest absolute Gasteiger partial charge is 0.508 e. The number of phenolic OH excluding ortho intramolecular Hbond substituents is 13. The first-order valence-corrected chi connectivity index (χ1v) is 42.3.